The molecule has 1 aliphatic rings. The molecule has 0 amide bonds. The molecule has 0 aromatic carbocycles. The second-order valence-electron chi connectivity index (χ2n) is 3.33. The molecule has 0 N–H and O–H groups in total. The lowest BCUT2D eigenvalue weighted by Gasteiger charge is -1.97. The van der Waals surface area contributed by atoms with Gasteiger partial charge in [0.25, 0.3) is 0 Å². The van der Waals surface area contributed by atoms with Crippen molar-refractivity contribution in [2.75, 3.05) is 25.2 Å². The van der Waals surface area contributed by atoms with Crippen LogP contribution in [0.2, 0.25) is 0 Å². The van der Waals surface area contributed by atoms with Gasteiger partial charge in [-0.15, -0.1) is 0 Å². The normalized spacial score (nSPS) is 21.1. The van der Waals surface area contributed by atoms with Crippen molar-refractivity contribution in [3.63, 3.8) is 0 Å². The number of ether oxygens (including phenoxy) is 1. The Kier molecular flexibility index (Phi) is 3.37. The fourth-order valence-corrected chi connectivity index (χ4v) is 2.47. The summed E-state index contributed by atoms with van der Waals surface area (Å²) >= 11 is 1.61. The molecular weight excluding hydrogens is 216 g/mol. The van der Waals surface area contributed by atoms with E-state index in [1.165, 1.54) is 0 Å². The summed E-state index contributed by atoms with van der Waals surface area (Å²) in [5.41, 5.74) is 0. The Morgan fingerprint density at radius 2 is 2.53 bits per heavy atom. The summed E-state index contributed by atoms with van der Waals surface area (Å²) in [6, 6.07) is 0. The van der Waals surface area contributed by atoms with Gasteiger partial charge in [-0.3, -0.25) is 4.79 Å². The van der Waals surface area contributed by atoms with Crippen molar-refractivity contribution in [1.29, 1.82) is 0 Å². The molecule has 2 heterocycles. The highest BCUT2D eigenvalue weighted by molar-refractivity contribution is 8.00. The summed E-state index contributed by atoms with van der Waals surface area (Å²) in [5, 5.41) is 3.81. The molecule has 2 rings (SSSR count). The lowest BCUT2D eigenvalue weighted by Crippen LogP contribution is -2.09. The first-order valence-corrected chi connectivity index (χ1v) is 5.88. The molecule has 1 unspecified atom stereocenters. The van der Waals surface area contributed by atoms with Crippen molar-refractivity contribution >= 4 is 17.5 Å². The van der Waals surface area contributed by atoms with Crippen LogP contribution in [-0.4, -0.2) is 41.1 Å². The van der Waals surface area contributed by atoms with Gasteiger partial charge in [-0.2, -0.15) is 16.7 Å². The highest BCUT2D eigenvalue weighted by Crippen LogP contribution is 2.28. The van der Waals surface area contributed by atoms with Crippen LogP contribution in [0.1, 0.15) is 17.6 Å². The minimum absolute atomic E-state index is 0.182. The molecule has 0 bridgehead atoms. The van der Waals surface area contributed by atoms with Crippen LogP contribution in [-0.2, 0) is 16.0 Å². The zero-order valence-corrected chi connectivity index (χ0v) is 9.25. The summed E-state index contributed by atoms with van der Waals surface area (Å²) in [7, 11) is 1.62. The van der Waals surface area contributed by atoms with Gasteiger partial charge in [0.05, 0.1) is 12.4 Å². The second kappa shape index (κ2) is 4.76. The quantitative estimate of drug-likeness (QED) is 0.754. The number of aromatic nitrogens is 2. The molecule has 0 aliphatic carbocycles. The molecule has 1 fully saturated rings. The van der Waals surface area contributed by atoms with E-state index in [2.05, 4.69) is 10.1 Å². The molecule has 0 radical (unpaired) electrons. The van der Waals surface area contributed by atoms with Crippen molar-refractivity contribution in [3.8, 4) is 0 Å². The number of Topliss-reactive ketones (excluding diaryl/α,β-unsaturated/α-hetero) is 1. The summed E-state index contributed by atoms with van der Waals surface area (Å²) in [4.78, 5) is 15.6. The summed E-state index contributed by atoms with van der Waals surface area (Å²) in [5.74, 6) is 2.36. The second-order valence-corrected chi connectivity index (χ2v) is 4.36. The molecule has 6 heteroatoms. The van der Waals surface area contributed by atoms with Crippen molar-refractivity contribution in [2.45, 2.75) is 12.3 Å². The summed E-state index contributed by atoms with van der Waals surface area (Å²) in [6.07, 6.45) is 0.619. The number of hydrogen-bond acceptors (Lipinski definition) is 6. The Bertz CT molecular complexity index is 353. The van der Waals surface area contributed by atoms with Crippen LogP contribution in [0.3, 0.4) is 0 Å². The largest absolute Gasteiger partial charge is 0.384 e. The van der Waals surface area contributed by atoms with Crippen molar-refractivity contribution < 1.29 is 14.1 Å². The predicted molar refractivity (Wildman–Crippen MR) is 55.0 cm³/mol. The third-order valence-corrected chi connectivity index (χ3v) is 3.29. The zero-order valence-electron chi connectivity index (χ0n) is 8.43. The van der Waals surface area contributed by atoms with E-state index in [0.717, 1.165) is 5.75 Å². The molecule has 1 aromatic heterocycles. The number of carbonyl (C=O) groups excluding carboxylic acids is 1. The van der Waals surface area contributed by atoms with Crippen LogP contribution in [0.4, 0.5) is 0 Å². The van der Waals surface area contributed by atoms with Gasteiger partial charge in [-0.25, -0.2) is 0 Å². The van der Waals surface area contributed by atoms with E-state index in [-0.39, 0.29) is 11.7 Å². The van der Waals surface area contributed by atoms with Gasteiger partial charge in [0.2, 0.25) is 5.89 Å². The van der Waals surface area contributed by atoms with E-state index >= 15 is 0 Å². The fourth-order valence-electron chi connectivity index (χ4n) is 1.38. The number of hydrogen-bond donors (Lipinski definition) is 0. The van der Waals surface area contributed by atoms with Gasteiger partial charge in [-0.05, 0) is 0 Å². The first-order chi connectivity index (χ1) is 7.31. The van der Waals surface area contributed by atoms with E-state index in [1.807, 2.05) is 0 Å². The van der Waals surface area contributed by atoms with E-state index in [0.29, 0.717) is 30.5 Å². The first kappa shape index (κ1) is 10.6. The minimum Gasteiger partial charge on any atom is -0.384 e. The molecule has 0 saturated carbocycles. The minimum atomic E-state index is -0.196. The molecule has 0 spiro atoms. The summed E-state index contributed by atoms with van der Waals surface area (Å²) in [6.45, 7) is 0.562. The van der Waals surface area contributed by atoms with Crippen molar-refractivity contribution in [1.82, 2.24) is 10.1 Å². The van der Waals surface area contributed by atoms with Crippen LogP contribution < -0.4 is 0 Å². The Labute approximate surface area is 91.6 Å². The Morgan fingerprint density at radius 3 is 3.20 bits per heavy atom. The standard InChI is InChI=1S/C9H12N2O3S/c1-13-3-2-8-10-9(14-11-8)6-4-15-5-7(6)12/h6H,2-5H2,1H3. The zero-order chi connectivity index (χ0) is 10.7. The molecular formula is C9H12N2O3S. The van der Waals surface area contributed by atoms with Gasteiger partial charge in [0.1, 0.15) is 5.92 Å². The van der Waals surface area contributed by atoms with Gasteiger partial charge in [0, 0.05) is 19.3 Å². The topological polar surface area (TPSA) is 65.2 Å². The van der Waals surface area contributed by atoms with Crippen molar-refractivity contribution in [3.05, 3.63) is 11.7 Å². The van der Waals surface area contributed by atoms with E-state index in [1.54, 1.807) is 18.9 Å². The van der Waals surface area contributed by atoms with E-state index in [9.17, 15) is 4.79 Å². The molecule has 82 valence electrons. The lowest BCUT2D eigenvalue weighted by atomic mass is 10.1. The number of nitrogens with zero attached hydrogens (tertiary/aromatic N) is 2. The Balaban J connectivity index is 2.03. The van der Waals surface area contributed by atoms with Gasteiger partial charge in [-0.1, -0.05) is 5.16 Å². The van der Waals surface area contributed by atoms with Crippen molar-refractivity contribution in [2.24, 2.45) is 0 Å². The lowest BCUT2D eigenvalue weighted by molar-refractivity contribution is -0.117. The maximum atomic E-state index is 11.4. The van der Waals surface area contributed by atoms with Crippen LogP contribution in [0, 0.1) is 0 Å². The van der Waals surface area contributed by atoms with Gasteiger partial charge < -0.3 is 9.26 Å². The van der Waals surface area contributed by atoms with Crippen LogP contribution in [0.15, 0.2) is 4.52 Å². The SMILES string of the molecule is COCCc1noc(C2CSCC2=O)n1. The molecule has 1 saturated heterocycles. The average Bonchev–Trinajstić information content (AvgIpc) is 2.83. The third-order valence-electron chi connectivity index (χ3n) is 2.23. The van der Waals surface area contributed by atoms with Gasteiger partial charge in [0.15, 0.2) is 11.6 Å². The van der Waals surface area contributed by atoms with Gasteiger partial charge >= 0.3 is 0 Å². The number of methoxy groups -OCH3 is 1. The average molecular weight is 228 g/mol. The molecule has 1 atom stereocenters. The smallest absolute Gasteiger partial charge is 0.238 e. The van der Waals surface area contributed by atoms with E-state index < -0.39 is 0 Å². The predicted octanol–water partition coefficient (Wildman–Crippen LogP) is 0.658. The molecule has 5 nitrogen and oxygen atoms in total. The van der Waals surface area contributed by atoms with Crippen LogP contribution >= 0.6 is 11.8 Å². The fraction of sp³-hybridized carbons (Fsp3) is 0.667. The maximum absolute atomic E-state index is 11.4. The number of ketones is 1. The Hall–Kier alpha value is -0.880. The van der Waals surface area contributed by atoms with Crippen LogP contribution in [0.5, 0.6) is 0 Å². The number of carbonyl (C=O) groups is 1. The summed E-state index contributed by atoms with van der Waals surface area (Å²) < 4.78 is 9.97. The highest BCUT2D eigenvalue weighted by Gasteiger charge is 2.31. The monoisotopic (exact) mass is 228 g/mol. The maximum Gasteiger partial charge on any atom is 0.238 e. The molecule has 1 aliphatic heterocycles. The molecule has 15 heavy (non-hydrogen) atoms. The highest BCUT2D eigenvalue weighted by atomic mass is 32.2. The first-order valence-electron chi connectivity index (χ1n) is 4.73. The number of thioether (sulfide) groups is 1. The van der Waals surface area contributed by atoms with E-state index in [4.69, 9.17) is 9.26 Å². The number of rotatable bonds is 4. The van der Waals surface area contributed by atoms with Crippen LogP contribution in [0.25, 0.3) is 0 Å². The third kappa shape index (κ3) is 2.38. The molecule has 1 aromatic rings. The Morgan fingerprint density at radius 1 is 1.67 bits per heavy atom.